The van der Waals surface area contributed by atoms with E-state index < -0.39 is 10.8 Å². The van der Waals surface area contributed by atoms with Crippen LogP contribution in [-0.2, 0) is 17.2 Å². The molecule has 3 rings (SSSR count). The molecular weight excluding hydrogens is 282 g/mol. The molecule has 0 saturated carbocycles. The van der Waals surface area contributed by atoms with Gasteiger partial charge in [0.2, 0.25) is 5.96 Å². The fourth-order valence-electron chi connectivity index (χ4n) is 2.55. The highest BCUT2D eigenvalue weighted by Crippen LogP contribution is 2.28. The topological polar surface area (TPSA) is 58.7 Å². The summed E-state index contributed by atoms with van der Waals surface area (Å²) in [5.74, 6) is 0.442. The van der Waals surface area contributed by atoms with E-state index in [1.165, 1.54) is 5.56 Å². The van der Waals surface area contributed by atoms with Gasteiger partial charge in [-0.25, -0.2) is 4.99 Å². The molecule has 21 heavy (non-hydrogen) atoms. The predicted molar refractivity (Wildman–Crippen MR) is 87.5 cm³/mol. The van der Waals surface area contributed by atoms with E-state index in [1.807, 2.05) is 41.3 Å². The highest BCUT2D eigenvalue weighted by molar-refractivity contribution is 7.84. The lowest BCUT2D eigenvalue weighted by Crippen LogP contribution is -2.35. The normalized spacial score (nSPS) is 15.9. The molecule has 2 aromatic carbocycles. The zero-order valence-electron chi connectivity index (χ0n) is 11.8. The van der Waals surface area contributed by atoms with E-state index in [4.69, 9.17) is 5.73 Å². The van der Waals surface area contributed by atoms with Crippen LogP contribution in [0.25, 0.3) is 0 Å². The van der Waals surface area contributed by atoms with Gasteiger partial charge in [0.05, 0.1) is 21.4 Å². The first-order valence-corrected chi connectivity index (χ1v) is 8.34. The SMILES string of the molecule is CS(=O)c1ccccc1N=C(N)N1CCc2ccccc21. The zero-order valence-corrected chi connectivity index (χ0v) is 12.6. The molecule has 1 aliphatic heterocycles. The quantitative estimate of drug-likeness (QED) is 0.684. The molecule has 1 aliphatic rings. The Hall–Kier alpha value is -2.14. The third-order valence-corrected chi connectivity index (χ3v) is 4.54. The summed E-state index contributed by atoms with van der Waals surface area (Å²) >= 11 is 0. The summed E-state index contributed by atoms with van der Waals surface area (Å²) in [4.78, 5) is 7.19. The lowest BCUT2D eigenvalue weighted by molar-refractivity contribution is 0.687. The van der Waals surface area contributed by atoms with Gasteiger partial charge in [-0.1, -0.05) is 30.3 Å². The Bertz CT molecular complexity index is 727. The van der Waals surface area contributed by atoms with E-state index in [9.17, 15) is 4.21 Å². The Labute approximate surface area is 126 Å². The van der Waals surface area contributed by atoms with E-state index in [1.54, 1.807) is 6.26 Å². The van der Waals surface area contributed by atoms with Crippen LogP contribution in [0.3, 0.4) is 0 Å². The molecule has 5 heteroatoms. The molecule has 1 atom stereocenters. The summed E-state index contributed by atoms with van der Waals surface area (Å²) in [5.41, 5.74) is 9.22. The summed E-state index contributed by atoms with van der Waals surface area (Å²) in [6.45, 7) is 0.825. The summed E-state index contributed by atoms with van der Waals surface area (Å²) < 4.78 is 11.8. The lowest BCUT2D eigenvalue weighted by Gasteiger charge is -2.18. The second-order valence-electron chi connectivity index (χ2n) is 4.92. The summed E-state index contributed by atoms with van der Waals surface area (Å²) in [6.07, 6.45) is 2.61. The minimum atomic E-state index is -1.08. The first-order valence-electron chi connectivity index (χ1n) is 6.79. The number of aliphatic imine (C=N–C) groups is 1. The van der Waals surface area contributed by atoms with E-state index in [2.05, 4.69) is 17.1 Å². The van der Waals surface area contributed by atoms with Gasteiger partial charge in [-0.05, 0) is 30.2 Å². The number of guanidine groups is 1. The number of nitrogens with zero attached hydrogens (tertiary/aromatic N) is 2. The van der Waals surface area contributed by atoms with Crippen LogP contribution >= 0.6 is 0 Å². The third kappa shape index (κ3) is 2.69. The molecule has 2 N–H and O–H groups in total. The van der Waals surface area contributed by atoms with Crippen molar-refractivity contribution in [3.63, 3.8) is 0 Å². The van der Waals surface area contributed by atoms with E-state index in [0.29, 0.717) is 16.5 Å². The summed E-state index contributed by atoms with van der Waals surface area (Å²) in [7, 11) is -1.08. The Balaban J connectivity index is 1.97. The first kappa shape index (κ1) is 13.8. The zero-order chi connectivity index (χ0) is 14.8. The van der Waals surface area contributed by atoms with Crippen molar-refractivity contribution >= 4 is 28.1 Å². The van der Waals surface area contributed by atoms with Gasteiger partial charge < -0.3 is 10.6 Å². The Morgan fingerprint density at radius 1 is 1.19 bits per heavy atom. The predicted octanol–water partition coefficient (Wildman–Crippen LogP) is 2.43. The lowest BCUT2D eigenvalue weighted by atomic mass is 10.2. The van der Waals surface area contributed by atoms with Crippen molar-refractivity contribution < 1.29 is 4.21 Å². The van der Waals surface area contributed by atoms with Gasteiger partial charge in [0.15, 0.2) is 0 Å². The van der Waals surface area contributed by atoms with Gasteiger partial charge in [0, 0.05) is 18.5 Å². The maximum absolute atomic E-state index is 11.8. The van der Waals surface area contributed by atoms with Crippen LogP contribution in [-0.4, -0.2) is 23.0 Å². The molecule has 0 aliphatic carbocycles. The van der Waals surface area contributed by atoms with Crippen LogP contribution < -0.4 is 10.6 Å². The van der Waals surface area contributed by atoms with Crippen molar-refractivity contribution in [1.29, 1.82) is 0 Å². The Kier molecular flexibility index (Phi) is 3.75. The molecule has 4 nitrogen and oxygen atoms in total. The number of nitrogens with two attached hydrogens (primary N) is 1. The number of fused-ring (bicyclic) bond motifs is 1. The second-order valence-corrected chi connectivity index (χ2v) is 6.27. The van der Waals surface area contributed by atoms with Gasteiger partial charge in [-0.3, -0.25) is 4.21 Å². The molecular formula is C16H17N3OS. The van der Waals surface area contributed by atoms with Crippen molar-refractivity contribution in [2.75, 3.05) is 17.7 Å². The van der Waals surface area contributed by atoms with Gasteiger partial charge >= 0.3 is 0 Å². The van der Waals surface area contributed by atoms with Gasteiger partial charge in [0.25, 0.3) is 0 Å². The summed E-state index contributed by atoms with van der Waals surface area (Å²) in [6, 6.07) is 15.6. The van der Waals surface area contributed by atoms with Crippen LogP contribution in [0, 0.1) is 0 Å². The molecule has 1 unspecified atom stereocenters. The van der Waals surface area contributed by atoms with Gasteiger partial charge in [-0.2, -0.15) is 0 Å². The average Bonchev–Trinajstić information content (AvgIpc) is 2.91. The molecule has 0 amide bonds. The third-order valence-electron chi connectivity index (χ3n) is 3.57. The number of para-hydroxylation sites is 2. The van der Waals surface area contributed by atoms with Gasteiger partial charge in [-0.15, -0.1) is 0 Å². The van der Waals surface area contributed by atoms with Crippen LogP contribution in [0.4, 0.5) is 11.4 Å². The molecule has 108 valence electrons. The highest BCUT2D eigenvalue weighted by Gasteiger charge is 2.21. The first-order chi connectivity index (χ1) is 10.2. The largest absolute Gasteiger partial charge is 0.369 e. The number of hydrogen-bond acceptors (Lipinski definition) is 2. The van der Waals surface area contributed by atoms with E-state index in [0.717, 1.165) is 18.7 Å². The van der Waals surface area contributed by atoms with E-state index in [-0.39, 0.29) is 0 Å². The fourth-order valence-corrected chi connectivity index (χ4v) is 3.23. The molecule has 1 heterocycles. The standard InChI is InChI=1S/C16H17N3OS/c1-21(20)15-9-5-3-7-13(15)18-16(17)19-11-10-12-6-2-4-8-14(12)19/h2-9H,10-11H2,1H3,(H2,17,18). The van der Waals surface area contributed by atoms with Crippen molar-refractivity contribution in [2.45, 2.75) is 11.3 Å². The van der Waals surface area contributed by atoms with Crippen molar-refractivity contribution in [1.82, 2.24) is 0 Å². The van der Waals surface area contributed by atoms with Crippen molar-refractivity contribution in [3.05, 3.63) is 54.1 Å². The smallest absolute Gasteiger partial charge is 0.201 e. The fraction of sp³-hybridized carbons (Fsp3) is 0.188. The van der Waals surface area contributed by atoms with Crippen LogP contribution in [0.15, 0.2) is 58.4 Å². The monoisotopic (exact) mass is 299 g/mol. The average molecular weight is 299 g/mol. The van der Waals surface area contributed by atoms with Crippen LogP contribution in [0.1, 0.15) is 5.56 Å². The highest BCUT2D eigenvalue weighted by atomic mass is 32.2. The maximum Gasteiger partial charge on any atom is 0.201 e. The van der Waals surface area contributed by atoms with Crippen molar-refractivity contribution in [2.24, 2.45) is 10.7 Å². The van der Waals surface area contributed by atoms with Crippen LogP contribution in [0.2, 0.25) is 0 Å². The number of benzene rings is 2. The molecule has 0 spiro atoms. The number of hydrogen-bond donors (Lipinski definition) is 1. The summed E-state index contributed by atoms with van der Waals surface area (Å²) in [5, 5.41) is 0. The van der Waals surface area contributed by atoms with Gasteiger partial charge in [0.1, 0.15) is 0 Å². The maximum atomic E-state index is 11.8. The Morgan fingerprint density at radius 2 is 1.90 bits per heavy atom. The number of rotatable bonds is 2. The minimum Gasteiger partial charge on any atom is -0.369 e. The van der Waals surface area contributed by atoms with Crippen LogP contribution in [0.5, 0.6) is 0 Å². The molecule has 0 aromatic heterocycles. The second kappa shape index (κ2) is 5.69. The number of anilines is 1. The van der Waals surface area contributed by atoms with E-state index >= 15 is 0 Å². The molecule has 0 fully saturated rings. The molecule has 2 aromatic rings. The molecule has 0 radical (unpaired) electrons. The van der Waals surface area contributed by atoms with Crippen molar-refractivity contribution in [3.8, 4) is 0 Å². The Morgan fingerprint density at radius 3 is 2.71 bits per heavy atom. The molecule has 0 bridgehead atoms. The molecule has 0 saturated heterocycles. The minimum absolute atomic E-state index is 0.442.